The quantitative estimate of drug-likeness (QED) is 0.880. The molecule has 0 saturated carbocycles. The summed E-state index contributed by atoms with van der Waals surface area (Å²) in [6.07, 6.45) is 3.37. The summed E-state index contributed by atoms with van der Waals surface area (Å²) in [4.78, 5) is 19.3. The van der Waals surface area contributed by atoms with Crippen LogP contribution in [0.5, 0.6) is 0 Å². The van der Waals surface area contributed by atoms with Gasteiger partial charge in [0, 0.05) is 36.6 Å². The molecule has 1 aromatic heterocycles. The smallest absolute Gasteiger partial charge is 0.255 e. The van der Waals surface area contributed by atoms with Gasteiger partial charge in [-0.15, -0.1) is 0 Å². The Morgan fingerprint density at radius 2 is 2.09 bits per heavy atom. The molecule has 0 spiro atoms. The number of hydrogen-bond acceptors (Lipinski definition) is 3. The van der Waals surface area contributed by atoms with Crippen LogP contribution in [0.25, 0.3) is 10.9 Å². The topological polar surface area (TPSA) is 45.2 Å². The van der Waals surface area contributed by atoms with Crippen molar-refractivity contribution in [1.82, 2.24) is 15.2 Å². The van der Waals surface area contributed by atoms with Crippen molar-refractivity contribution in [2.45, 2.75) is 38.3 Å². The van der Waals surface area contributed by atoms with E-state index in [9.17, 15) is 9.18 Å². The van der Waals surface area contributed by atoms with Crippen molar-refractivity contribution in [3.63, 3.8) is 0 Å². The number of benzene rings is 1. The third-order valence-electron chi connectivity index (χ3n) is 5.01. The van der Waals surface area contributed by atoms with Crippen LogP contribution in [-0.2, 0) is 0 Å². The maximum Gasteiger partial charge on any atom is 0.255 e. The normalized spacial score (nSPS) is 24.0. The summed E-state index contributed by atoms with van der Waals surface area (Å²) in [7, 11) is 0. The zero-order valence-electron chi connectivity index (χ0n) is 13.2. The molecule has 4 rings (SSSR count). The molecule has 1 N–H and O–H groups in total. The van der Waals surface area contributed by atoms with E-state index in [1.54, 1.807) is 6.07 Å². The number of nitrogens with one attached hydrogen (secondary N) is 1. The average molecular weight is 313 g/mol. The molecule has 2 atom stereocenters. The number of aryl methyl sites for hydroxylation is 1. The highest BCUT2D eigenvalue weighted by molar-refractivity contribution is 5.98. The fraction of sp³-hybridized carbons (Fsp3) is 0.444. The van der Waals surface area contributed by atoms with Gasteiger partial charge < -0.3 is 10.2 Å². The van der Waals surface area contributed by atoms with E-state index < -0.39 is 0 Å². The molecule has 2 aliphatic heterocycles. The number of pyridine rings is 1. The molecule has 2 aliphatic rings. The number of rotatable bonds is 1. The summed E-state index contributed by atoms with van der Waals surface area (Å²) < 4.78 is 13.3. The summed E-state index contributed by atoms with van der Waals surface area (Å²) in [5.41, 5.74) is 1.88. The summed E-state index contributed by atoms with van der Waals surface area (Å²) in [5, 5.41) is 4.39. The first-order valence-electron chi connectivity index (χ1n) is 8.22. The molecule has 5 heteroatoms. The van der Waals surface area contributed by atoms with E-state index >= 15 is 0 Å². The SMILES string of the molecule is Cc1nc2cc(F)ccc2cc1C(=O)N1CCC2CCC(C1)N2. The summed E-state index contributed by atoms with van der Waals surface area (Å²) in [6, 6.07) is 7.30. The van der Waals surface area contributed by atoms with E-state index in [1.807, 2.05) is 17.9 Å². The van der Waals surface area contributed by atoms with Crippen molar-refractivity contribution in [1.29, 1.82) is 0 Å². The number of nitrogens with zero attached hydrogens (tertiary/aromatic N) is 2. The monoisotopic (exact) mass is 313 g/mol. The van der Waals surface area contributed by atoms with E-state index in [0.29, 0.717) is 28.9 Å². The molecule has 4 nitrogen and oxygen atoms in total. The van der Waals surface area contributed by atoms with Gasteiger partial charge in [0.15, 0.2) is 0 Å². The highest BCUT2D eigenvalue weighted by atomic mass is 19.1. The Morgan fingerprint density at radius 3 is 2.96 bits per heavy atom. The van der Waals surface area contributed by atoms with Gasteiger partial charge in [0.05, 0.1) is 16.8 Å². The van der Waals surface area contributed by atoms with E-state index in [4.69, 9.17) is 0 Å². The zero-order valence-corrected chi connectivity index (χ0v) is 13.2. The van der Waals surface area contributed by atoms with Crippen LogP contribution >= 0.6 is 0 Å². The summed E-state index contributed by atoms with van der Waals surface area (Å²) in [6.45, 7) is 3.37. The van der Waals surface area contributed by atoms with Gasteiger partial charge in [-0.2, -0.15) is 0 Å². The zero-order chi connectivity index (χ0) is 16.0. The Morgan fingerprint density at radius 1 is 1.26 bits per heavy atom. The lowest BCUT2D eigenvalue weighted by Gasteiger charge is -2.25. The van der Waals surface area contributed by atoms with Gasteiger partial charge in [-0.1, -0.05) is 0 Å². The fourth-order valence-electron chi connectivity index (χ4n) is 3.75. The van der Waals surface area contributed by atoms with Crippen LogP contribution < -0.4 is 5.32 Å². The number of halogens is 1. The Balaban J connectivity index is 1.66. The molecule has 2 saturated heterocycles. The third-order valence-corrected chi connectivity index (χ3v) is 5.01. The van der Waals surface area contributed by atoms with Crippen molar-refractivity contribution in [3.05, 3.63) is 41.3 Å². The predicted octanol–water partition coefficient (Wildman–Crippen LogP) is 2.65. The number of carbonyl (C=O) groups excluding carboxylic acids is 1. The first kappa shape index (κ1) is 14.6. The van der Waals surface area contributed by atoms with Crippen molar-refractivity contribution in [2.75, 3.05) is 13.1 Å². The molecule has 0 radical (unpaired) electrons. The van der Waals surface area contributed by atoms with Crippen LogP contribution in [-0.4, -0.2) is 41.0 Å². The lowest BCUT2D eigenvalue weighted by Crippen LogP contribution is -2.39. The Kier molecular flexibility index (Phi) is 3.53. The van der Waals surface area contributed by atoms with E-state index in [2.05, 4.69) is 10.3 Å². The van der Waals surface area contributed by atoms with Gasteiger partial charge in [-0.05, 0) is 44.4 Å². The molecule has 1 aromatic carbocycles. The first-order chi connectivity index (χ1) is 11.1. The maximum absolute atomic E-state index is 13.3. The van der Waals surface area contributed by atoms with Crippen LogP contribution in [0.1, 0.15) is 35.3 Å². The minimum Gasteiger partial charge on any atom is -0.337 e. The van der Waals surface area contributed by atoms with Crippen molar-refractivity contribution >= 4 is 16.8 Å². The minimum atomic E-state index is -0.307. The molecule has 2 fully saturated rings. The standard InChI is InChI=1S/C18H20FN3O/c1-11-16(8-12-2-3-13(19)9-17(12)20-11)18(23)22-7-6-14-4-5-15(10-22)21-14/h2-3,8-9,14-15,21H,4-7,10H2,1H3. The molecule has 2 unspecified atom stereocenters. The van der Waals surface area contributed by atoms with Crippen molar-refractivity contribution in [3.8, 4) is 0 Å². The minimum absolute atomic E-state index is 0.0376. The van der Waals surface area contributed by atoms with Crippen LogP contribution in [0.2, 0.25) is 0 Å². The molecule has 2 aromatic rings. The number of amides is 1. The van der Waals surface area contributed by atoms with Gasteiger partial charge in [-0.25, -0.2) is 4.39 Å². The van der Waals surface area contributed by atoms with Gasteiger partial charge >= 0.3 is 0 Å². The molecule has 3 heterocycles. The van der Waals surface area contributed by atoms with Crippen molar-refractivity contribution < 1.29 is 9.18 Å². The van der Waals surface area contributed by atoms with Gasteiger partial charge in [0.1, 0.15) is 5.82 Å². The van der Waals surface area contributed by atoms with E-state index in [0.717, 1.165) is 31.3 Å². The number of likely N-dealkylation sites (tertiary alicyclic amines) is 1. The van der Waals surface area contributed by atoms with Crippen LogP contribution in [0, 0.1) is 12.7 Å². The lowest BCUT2D eigenvalue weighted by molar-refractivity contribution is 0.0747. The van der Waals surface area contributed by atoms with E-state index in [-0.39, 0.29) is 11.7 Å². The number of fused-ring (bicyclic) bond motifs is 3. The molecule has 23 heavy (non-hydrogen) atoms. The molecule has 1 amide bonds. The number of carbonyl (C=O) groups is 1. The molecule has 2 bridgehead atoms. The fourth-order valence-corrected chi connectivity index (χ4v) is 3.75. The van der Waals surface area contributed by atoms with E-state index in [1.165, 1.54) is 18.6 Å². The Bertz CT molecular complexity index is 776. The van der Waals surface area contributed by atoms with Gasteiger partial charge in [0.25, 0.3) is 5.91 Å². The van der Waals surface area contributed by atoms with Crippen LogP contribution in [0.4, 0.5) is 4.39 Å². The summed E-state index contributed by atoms with van der Waals surface area (Å²) in [5.74, 6) is -0.270. The molecular weight excluding hydrogens is 293 g/mol. The Hall–Kier alpha value is -2.01. The summed E-state index contributed by atoms with van der Waals surface area (Å²) >= 11 is 0. The van der Waals surface area contributed by atoms with Crippen LogP contribution in [0.15, 0.2) is 24.3 Å². The predicted molar refractivity (Wildman–Crippen MR) is 86.9 cm³/mol. The second-order valence-electron chi connectivity index (χ2n) is 6.64. The Labute approximate surface area is 134 Å². The van der Waals surface area contributed by atoms with Crippen LogP contribution in [0.3, 0.4) is 0 Å². The number of aromatic nitrogens is 1. The molecule has 120 valence electrons. The van der Waals surface area contributed by atoms with Gasteiger partial charge in [-0.3, -0.25) is 9.78 Å². The van der Waals surface area contributed by atoms with Gasteiger partial charge in [0.2, 0.25) is 0 Å². The molecular formula is C18H20FN3O. The van der Waals surface area contributed by atoms with Crippen molar-refractivity contribution in [2.24, 2.45) is 0 Å². The highest BCUT2D eigenvalue weighted by Crippen LogP contribution is 2.23. The largest absolute Gasteiger partial charge is 0.337 e. The highest BCUT2D eigenvalue weighted by Gasteiger charge is 2.32. The second-order valence-corrected chi connectivity index (χ2v) is 6.64. The average Bonchev–Trinajstić information content (AvgIpc) is 2.85. The lowest BCUT2D eigenvalue weighted by atomic mass is 10.1. The maximum atomic E-state index is 13.3. The first-order valence-corrected chi connectivity index (χ1v) is 8.22. The molecule has 0 aliphatic carbocycles. The second kappa shape index (κ2) is 5.57. The third kappa shape index (κ3) is 2.70. The number of hydrogen-bond donors (Lipinski definition) is 1.